The van der Waals surface area contributed by atoms with E-state index >= 15 is 0 Å². The molecule has 20 nitrogen and oxygen atoms in total. The number of aliphatic hydroxyl groups is 7. The monoisotopic (exact) mass is 842 g/mol. The number of amidine groups is 1. The molecule has 4 aliphatic heterocycles. The van der Waals surface area contributed by atoms with Crippen molar-refractivity contribution in [1.29, 1.82) is 5.41 Å². The van der Waals surface area contributed by atoms with Crippen LogP contribution in [-0.4, -0.2) is 136 Å². The fraction of sp³-hybridized carbons (Fsp3) is 0.293. The molecule has 10 atom stereocenters. The summed E-state index contributed by atoms with van der Waals surface area (Å²) in [5.74, 6) is -6.04. The summed E-state index contributed by atoms with van der Waals surface area (Å²) < 4.78 is 29.4. The number of aliphatic imine (C=N–C) groups is 3. The van der Waals surface area contributed by atoms with E-state index < -0.39 is 95.8 Å². The first-order chi connectivity index (χ1) is 29.1. The first-order valence-electron chi connectivity index (χ1n) is 18.6. The number of hydrogen-bond donors (Lipinski definition) is 11. The van der Waals surface area contributed by atoms with Crippen LogP contribution in [0.2, 0.25) is 0 Å². The summed E-state index contributed by atoms with van der Waals surface area (Å²) in [6.45, 7) is -0.614. The number of aromatic hydroxyl groups is 2. The van der Waals surface area contributed by atoms with Crippen LogP contribution < -0.4 is 18.9 Å². The van der Waals surface area contributed by atoms with Crippen LogP contribution in [0.25, 0.3) is 5.76 Å². The Morgan fingerprint density at radius 2 is 1.80 bits per heavy atom. The second-order valence-electron chi connectivity index (χ2n) is 14.6. The van der Waals surface area contributed by atoms with Gasteiger partial charge in [0.1, 0.15) is 64.7 Å². The number of rotatable bonds is 13. The van der Waals surface area contributed by atoms with Crippen molar-refractivity contribution in [2.24, 2.45) is 20.9 Å². The second-order valence-corrected chi connectivity index (χ2v) is 14.6. The summed E-state index contributed by atoms with van der Waals surface area (Å²) in [6.07, 6.45) is -4.64. The van der Waals surface area contributed by atoms with E-state index in [9.17, 15) is 55.9 Å². The van der Waals surface area contributed by atoms with E-state index in [0.29, 0.717) is 5.56 Å². The van der Waals surface area contributed by atoms with Gasteiger partial charge in [0.15, 0.2) is 29.3 Å². The molecular formula is C41H38N4O16. The van der Waals surface area contributed by atoms with Crippen LogP contribution in [0.1, 0.15) is 29.1 Å². The van der Waals surface area contributed by atoms with Crippen LogP contribution in [0.15, 0.2) is 100.0 Å². The fourth-order valence-electron chi connectivity index (χ4n) is 7.64. The number of ether oxygens (including phenoxy) is 5. The predicted molar refractivity (Wildman–Crippen MR) is 210 cm³/mol. The minimum atomic E-state index is -2.69. The Bertz CT molecular complexity index is 2450. The number of nitrogens with zero attached hydrogens (tertiary/aromatic N) is 3. The Kier molecular flexibility index (Phi) is 10.6. The third-order valence-corrected chi connectivity index (χ3v) is 10.7. The Balaban J connectivity index is 1.13. The molecule has 1 fully saturated rings. The molecule has 2 bridgehead atoms. The highest BCUT2D eigenvalue weighted by atomic mass is 16.7. The van der Waals surface area contributed by atoms with Gasteiger partial charge in [-0.05, 0) is 48.1 Å². The van der Waals surface area contributed by atoms with Gasteiger partial charge in [0.05, 0.1) is 30.5 Å². The van der Waals surface area contributed by atoms with E-state index in [4.69, 9.17) is 29.1 Å². The minimum absolute atomic E-state index is 0.00458. The van der Waals surface area contributed by atoms with Gasteiger partial charge in [-0.3, -0.25) is 10.4 Å². The van der Waals surface area contributed by atoms with Gasteiger partial charge >= 0.3 is 5.97 Å². The third kappa shape index (κ3) is 7.24. The molecule has 61 heavy (non-hydrogen) atoms. The molecule has 1 saturated heterocycles. The molecule has 3 aromatic carbocycles. The number of hydrogen-bond acceptors (Lipinski definition) is 18. The fourth-order valence-corrected chi connectivity index (χ4v) is 7.64. The summed E-state index contributed by atoms with van der Waals surface area (Å²) in [5.41, 5.74) is -4.97. The van der Waals surface area contributed by atoms with E-state index in [1.54, 1.807) is 12.1 Å². The van der Waals surface area contributed by atoms with E-state index in [0.717, 1.165) is 18.2 Å². The minimum Gasteiger partial charge on any atom is -0.508 e. The highest BCUT2D eigenvalue weighted by Gasteiger charge is 2.70. The third-order valence-electron chi connectivity index (χ3n) is 10.7. The second kappa shape index (κ2) is 15.7. The lowest BCUT2D eigenvalue weighted by Gasteiger charge is -2.55. The lowest BCUT2D eigenvalue weighted by molar-refractivity contribution is -0.337. The highest BCUT2D eigenvalue weighted by molar-refractivity contribution is 6.15. The van der Waals surface area contributed by atoms with Crippen molar-refractivity contribution in [1.82, 2.24) is 0 Å². The Hall–Kier alpha value is -6.65. The van der Waals surface area contributed by atoms with Crippen molar-refractivity contribution in [3.05, 3.63) is 102 Å². The zero-order chi connectivity index (χ0) is 43.4. The molecule has 8 rings (SSSR count). The van der Waals surface area contributed by atoms with Gasteiger partial charge < -0.3 is 74.7 Å². The number of carboxylic acid groups (broad SMARTS) is 1. The Morgan fingerprint density at radius 1 is 1.03 bits per heavy atom. The zero-order valence-electron chi connectivity index (χ0n) is 31.5. The van der Waals surface area contributed by atoms with Gasteiger partial charge in [-0.2, -0.15) is 0 Å². The number of benzene rings is 3. The molecule has 0 saturated carbocycles. The van der Waals surface area contributed by atoms with E-state index in [1.165, 1.54) is 61.0 Å². The van der Waals surface area contributed by atoms with Crippen LogP contribution in [0.3, 0.4) is 0 Å². The van der Waals surface area contributed by atoms with Gasteiger partial charge in [0.2, 0.25) is 18.3 Å². The van der Waals surface area contributed by atoms with Crippen molar-refractivity contribution < 1.29 is 79.5 Å². The maximum Gasteiger partial charge on any atom is 0.336 e. The van der Waals surface area contributed by atoms with Gasteiger partial charge in [-0.1, -0.05) is 30.3 Å². The number of phenols is 2. The topological polar surface area (TPSA) is 326 Å². The van der Waals surface area contributed by atoms with Crippen molar-refractivity contribution in [3.8, 4) is 34.5 Å². The average Bonchev–Trinajstić information content (AvgIpc) is 3.93. The maximum absolute atomic E-state index is 12.7. The van der Waals surface area contributed by atoms with Gasteiger partial charge in [0.25, 0.3) is 0 Å². The molecule has 0 amide bonds. The average molecular weight is 843 g/mol. The molecule has 3 aromatic rings. The number of aliphatic carboxylic acids is 1. The van der Waals surface area contributed by atoms with Crippen molar-refractivity contribution >= 4 is 35.3 Å². The van der Waals surface area contributed by atoms with Crippen LogP contribution >= 0.6 is 0 Å². The van der Waals surface area contributed by atoms with Crippen LogP contribution in [0.4, 0.5) is 0 Å². The van der Waals surface area contributed by atoms with E-state index in [2.05, 4.69) is 15.0 Å². The van der Waals surface area contributed by atoms with Gasteiger partial charge in [0, 0.05) is 17.7 Å². The summed E-state index contributed by atoms with van der Waals surface area (Å²) in [5, 5.41) is 118. The highest BCUT2D eigenvalue weighted by Crippen LogP contribution is 2.53. The first-order valence-corrected chi connectivity index (χ1v) is 18.6. The SMILES string of the molecule is N=C1C=CC(C(O)C(CO)Oc2ccc(C3C=C(O)c4c(cc(OC5OC(C(=O)O)C6(O)C(C7=NC=NC7)C=CC5(O)C6O)c(OC(O)c5cccc(O)c5)c4O)O3)cc2)=N1. The quantitative estimate of drug-likeness (QED) is 0.0844. The molecule has 1 aliphatic carbocycles. The molecule has 0 radical (unpaired) electrons. The van der Waals surface area contributed by atoms with Gasteiger partial charge in [-0.25, -0.2) is 14.8 Å². The predicted octanol–water partition coefficient (Wildman–Crippen LogP) is 0.969. The first kappa shape index (κ1) is 41.1. The molecule has 20 heteroatoms. The van der Waals surface area contributed by atoms with E-state index in [1.807, 2.05) is 0 Å². The number of carbonyl (C=O) groups is 1. The number of carboxylic acids is 1. The van der Waals surface area contributed by atoms with E-state index in [-0.39, 0.29) is 52.2 Å². The van der Waals surface area contributed by atoms with Crippen LogP contribution in [-0.2, 0) is 9.53 Å². The molecule has 5 aliphatic rings. The Morgan fingerprint density at radius 3 is 2.46 bits per heavy atom. The number of phenolic OH excluding ortho intramolecular Hbond substituents is 2. The summed E-state index contributed by atoms with van der Waals surface area (Å²) in [4.78, 5) is 24.6. The summed E-state index contributed by atoms with van der Waals surface area (Å²) in [6, 6.07) is 12.4. The van der Waals surface area contributed by atoms with Crippen molar-refractivity contribution in [3.63, 3.8) is 0 Å². The van der Waals surface area contributed by atoms with Crippen LogP contribution in [0, 0.1) is 11.3 Å². The molecule has 11 N–H and O–H groups in total. The number of nitrogens with one attached hydrogen (secondary N) is 1. The maximum atomic E-state index is 12.7. The molecule has 0 spiro atoms. The molecule has 10 unspecified atom stereocenters. The number of aliphatic hydroxyl groups excluding tert-OH is 5. The lowest BCUT2D eigenvalue weighted by atomic mass is 9.64. The zero-order valence-corrected chi connectivity index (χ0v) is 31.5. The Labute approximate surface area is 344 Å². The van der Waals surface area contributed by atoms with Crippen molar-refractivity contribution in [2.45, 2.75) is 54.3 Å². The largest absolute Gasteiger partial charge is 0.508 e. The molecule has 0 aromatic heterocycles. The molecule has 4 heterocycles. The summed E-state index contributed by atoms with van der Waals surface area (Å²) in [7, 11) is 0. The van der Waals surface area contributed by atoms with Crippen molar-refractivity contribution in [2.75, 3.05) is 13.2 Å². The smallest absolute Gasteiger partial charge is 0.336 e. The van der Waals surface area contributed by atoms with Gasteiger partial charge in [-0.15, -0.1) is 0 Å². The molecular weight excluding hydrogens is 804 g/mol. The van der Waals surface area contributed by atoms with Crippen LogP contribution in [0.5, 0.6) is 34.5 Å². The standard InChI is InChI=1S/C41H38N4O16/c42-30-9-8-23(45-30)32(49)29(16-46)57-21-6-4-18(5-7-21)26-13-25(48)31-27(58-26)14-28(34(33(31)50)60-37(53)19-2-1-3-20(47)12-19)59-39-40(55)11-10-22(24-15-43-17-44-24)41(56,38(40)54)35(61-39)36(51)52/h1-14,17,22,26,29,32,35,37-39,42,46-50,53-56H,15-16H2,(H,51,52). The number of fused-ring (bicyclic) bond motifs is 3. The normalized spacial score (nSPS) is 28.8. The molecule has 318 valence electrons. The lowest BCUT2D eigenvalue weighted by Crippen LogP contribution is -2.78. The summed E-state index contributed by atoms with van der Waals surface area (Å²) >= 11 is 0.